The minimum atomic E-state index is -0.371. The minimum absolute atomic E-state index is 0.0360. The summed E-state index contributed by atoms with van der Waals surface area (Å²) in [7, 11) is 1.56. The van der Waals surface area contributed by atoms with Gasteiger partial charge in [-0.15, -0.1) is 10.2 Å². The van der Waals surface area contributed by atoms with Crippen LogP contribution in [0.1, 0.15) is 52.8 Å². The predicted octanol–water partition coefficient (Wildman–Crippen LogP) is 6.16. The molecule has 230 valence electrons. The maximum Gasteiger partial charge on any atom is 0.257 e. The fourth-order valence-electron chi connectivity index (χ4n) is 4.03. The Labute approximate surface area is 274 Å². The number of rotatable bonds is 12. The lowest BCUT2D eigenvalue weighted by molar-refractivity contribution is -0.120. The standard InChI is InChI=1S/C32H34IN5O5S/c1-20-8-6-7-9-24(20)30(40)35-31-38-37-28(44-31)18-27(39)36-34-19-21-16-25(33)29(26(17-21)41-5)43-15-14-42-23-12-10-22(11-13-23)32(2,3)4/h6-13,16-17,19H,14-15,18H2,1-5H3,(H,36,39)(H,35,38,40). The van der Waals surface area contributed by atoms with Crippen molar-refractivity contribution in [2.75, 3.05) is 25.6 Å². The van der Waals surface area contributed by atoms with Crippen LogP contribution in [0.3, 0.4) is 0 Å². The monoisotopic (exact) mass is 727 g/mol. The number of hydrogen-bond acceptors (Lipinski definition) is 9. The Balaban J connectivity index is 1.25. The van der Waals surface area contributed by atoms with E-state index in [1.807, 2.05) is 37.3 Å². The molecule has 1 heterocycles. The maximum absolute atomic E-state index is 12.5. The second-order valence-corrected chi connectivity index (χ2v) is 13.0. The molecule has 0 saturated heterocycles. The van der Waals surface area contributed by atoms with Crippen LogP contribution < -0.4 is 25.0 Å². The lowest BCUT2D eigenvalue weighted by atomic mass is 9.87. The number of amides is 2. The molecule has 4 aromatic rings. The first-order chi connectivity index (χ1) is 21.0. The Morgan fingerprint density at radius 2 is 1.75 bits per heavy atom. The number of anilines is 1. The van der Waals surface area contributed by atoms with Gasteiger partial charge in [0.25, 0.3) is 5.91 Å². The average Bonchev–Trinajstić information content (AvgIpc) is 3.42. The predicted molar refractivity (Wildman–Crippen MR) is 180 cm³/mol. The van der Waals surface area contributed by atoms with E-state index in [4.69, 9.17) is 14.2 Å². The van der Waals surface area contributed by atoms with Gasteiger partial charge in [-0.3, -0.25) is 14.9 Å². The Kier molecular flexibility index (Phi) is 11.3. The van der Waals surface area contributed by atoms with Gasteiger partial charge in [0.2, 0.25) is 11.0 Å². The van der Waals surface area contributed by atoms with Crippen molar-refractivity contribution in [2.24, 2.45) is 5.10 Å². The summed E-state index contributed by atoms with van der Waals surface area (Å²) in [6, 6.07) is 19.0. The number of carbonyl (C=O) groups excluding carboxylic acids is 2. The summed E-state index contributed by atoms with van der Waals surface area (Å²) in [6.07, 6.45) is 1.48. The number of halogens is 1. The number of aryl methyl sites for hydroxylation is 1. The van der Waals surface area contributed by atoms with Crippen LogP contribution in [0.25, 0.3) is 0 Å². The van der Waals surface area contributed by atoms with Crippen LogP contribution in [0.2, 0.25) is 0 Å². The molecule has 0 radical (unpaired) electrons. The molecular formula is C32H34IN5O5S. The van der Waals surface area contributed by atoms with Crippen molar-refractivity contribution in [3.63, 3.8) is 0 Å². The molecule has 10 nitrogen and oxygen atoms in total. The Morgan fingerprint density at radius 3 is 2.45 bits per heavy atom. The third-order valence-electron chi connectivity index (χ3n) is 6.36. The third kappa shape index (κ3) is 9.23. The van der Waals surface area contributed by atoms with E-state index in [0.29, 0.717) is 46.0 Å². The molecule has 2 amide bonds. The smallest absolute Gasteiger partial charge is 0.257 e. The highest BCUT2D eigenvalue weighted by Crippen LogP contribution is 2.33. The molecule has 0 aliphatic rings. The summed E-state index contributed by atoms with van der Waals surface area (Å²) in [6.45, 7) is 9.09. The average molecular weight is 728 g/mol. The van der Waals surface area contributed by atoms with Gasteiger partial charge in [-0.1, -0.05) is 62.4 Å². The van der Waals surface area contributed by atoms with Crippen LogP contribution in [0.15, 0.2) is 65.8 Å². The fourth-order valence-corrected chi connectivity index (χ4v) is 5.55. The lowest BCUT2D eigenvalue weighted by Gasteiger charge is -2.19. The molecular weight excluding hydrogens is 693 g/mol. The van der Waals surface area contributed by atoms with E-state index in [1.54, 1.807) is 25.3 Å². The zero-order valence-corrected chi connectivity index (χ0v) is 28.1. The van der Waals surface area contributed by atoms with Gasteiger partial charge in [0.15, 0.2) is 11.5 Å². The summed E-state index contributed by atoms with van der Waals surface area (Å²) in [5.41, 5.74) is 5.94. The molecule has 0 spiro atoms. The van der Waals surface area contributed by atoms with Crippen molar-refractivity contribution in [2.45, 2.75) is 39.5 Å². The molecule has 3 aromatic carbocycles. The Morgan fingerprint density at radius 1 is 1.02 bits per heavy atom. The normalized spacial score (nSPS) is 11.3. The molecule has 0 fully saturated rings. The number of nitrogens with one attached hydrogen (secondary N) is 2. The molecule has 4 rings (SSSR count). The zero-order valence-electron chi connectivity index (χ0n) is 25.1. The summed E-state index contributed by atoms with van der Waals surface area (Å²) < 4.78 is 18.2. The SMILES string of the molecule is COc1cc(C=NNC(=O)Cc2nnc(NC(=O)c3ccccc3C)s2)cc(I)c1OCCOc1ccc(C(C)(C)C)cc1. The Bertz CT molecular complexity index is 1630. The largest absolute Gasteiger partial charge is 0.493 e. The molecule has 0 unspecified atom stereocenters. The first kappa shape index (κ1) is 32.9. The number of carbonyl (C=O) groups is 2. The second-order valence-electron chi connectivity index (χ2n) is 10.7. The summed E-state index contributed by atoms with van der Waals surface area (Å²) in [5.74, 6) is 1.27. The molecule has 0 saturated carbocycles. The van der Waals surface area contributed by atoms with Crippen molar-refractivity contribution in [1.82, 2.24) is 15.6 Å². The first-order valence-electron chi connectivity index (χ1n) is 13.8. The highest BCUT2D eigenvalue weighted by atomic mass is 127. The molecule has 12 heteroatoms. The van der Waals surface area contributed by atoms with Crippen LogP contribution in [0.5, 0.6) is 17.2 Å². The van der Waals surface area contributed by atoms with Crippen LogP contribution >= 0.6 is 33.9 Å². The number of aromatic nitrogens is 2. The van der Waals surface area contributed by atoms with E-state index in [2.05, 4.69) is 81.5 Å². The van der Waals surface area contributed by atoms with E-state index in [-0.39, 0.29) is 23.7 Å². The van der Waals surface area contributed by atoms with Crippen LogP contribution in [0.4, 0.5) is 5.13 Å². The van der Waals surface area contributed by atoms with Crippen molar-refractivity contribution in [3.05, 3.63) is 91.5 Å². The first-order valence-corrected chi connectivity index (χ1v) is 15.7. The van der Waals surface area contributed by atoms with E-state index < -0.39 is 0 Å². The number of ether oxygens (including phenoxy) is 3. The van der Waals surface area contributed by atoms with Crippen molar-refractivity contribution >= 4 is 57.1 Å². The number of methoxy groups -OCH3 is 1. The summed E-state index contributed by atoms with van der Waals surface area (Å²) >= 11 is 3.30. The van der Waals surface area contributed by atoms with Crippen LogP contribution in [-0.4, -0.2) is 48.5 Å². The highest BCUT2D eigenvalue weighted by Gasteiger charge is 2.15. The zero-order chi connectivity index (χ0) is 31.7. The molecule has 0 aliphatic carbocycles. The molecule has 44 heavy (non-hydrogen) atoms. The van der Waals surface area contributed by atoms with Gasteiger partial charge < -0.3 is 14.2 Å². The minimum Gasteiger partial charge on any atom is -0.493 e. The maximum atomic E-state index is 12.5. The topological polar surface area (TPSA) is 124 Å². The van der Waals surface area contributed by atoms with Crippen molar-refractivity contribution in [1.29, 1.82) is 0 Å². The van der Waals surface area contributed by atoms with Gasteiger partial charge >= 0.3 is 0 Å². The quantitative estimate of drug-likeness (QED) is 0.0776. The number of hydrazone groups is 1. The number of hydrogen-bond donors (Lipinski definition) is 2. The van der Waals surface area contributed by atoms with Crippen molar-refractivity contribution < 1.29 is 23.8 Å². The third-order valence-corrected chi connectivity index (χ3v) is 8.00. The van der Waals surface area contributed by atoms with Gasteiger partial charge in [0.1, 0.15) is 24.0 Å². The van der Waals surface area contributed by atoms with Gasteiger partial charge in [0.05, 0.1) is 23.3 Å². The molecule has 1 aromatic heterocycles. The van der Waals surface area contributed by atoms with E-state index in [1.165, 1.54) is 11.8 Å². The highest BCUT2D eigenvalue weighted by molar-refractivity contribution is 14.1. The van der Waals surface area contributed by atoms with E-state index in [9.17, 15) is 9.59 Å². The molecule has 0 atom stereocenters. The van der Waals surface area contributed by atoms with Gasteiger partial charge in [-0.25, -0.2) is 5.43 Å². The van der Waals surface area contributed by atoms with Gasteiger partial charge in [0, 0.05) is 5.56 Å². The lowest BCUT2D eigenvalue weighted by Crippen LogP contribution is -2.19. The number of benzene rings is 3. The van der Waals surface area contributed by atoms with Gasteiger partial charge in [-0.05, 0) is 82.0 Å². The van der Waals surface area contributed by atoms with Crippen LogP contribution in [0, 0.1) is 10.5 Å². The van der Waals surface area contributed by atoms with E-state index in [0.717, 1.165) is 26.2 Å². The fraction of sp³-hybridized carbons (Fsp3) is 0.281. The van der Waals surface area contributed by atoms with E-state index >= 15 is 0 Å². The summed E-state index contributed by atoms with van der Waals surface area (Å²) in [5, 5.41) is 15.5. The van der Waals surface area contributed by atoms with Crippen LogP contribution in [-0.2, 0) is 16.6 Å². The Hall–Kier alpha value is -4.04. The number of nitrogens with zero attached hydrogens (tertiary/aromatic N) is 3. The van der Waals surface area contributed by atoms with Crippen molar-refractivity contribution in [3.8, 4) is 17.2 Å². The molecule has 0 aliphatic heterocycles. The summed E-state index contributed by atoms with van der Waals surface area (Å²) in [4.78, 5) is 24.9. The van der Waals surface area contributed by atoms with Gasteiger partial charge in [-0.2, -0.15) is 5.10 Å². The molecule has 2 N–H and O–H groups in total. The second kappa shape index (κ2) is 15.1. The molecule has 0 bridgehead atoms.